The molecule has 4 rings (SSSR count). The summed E-state index contributed by atoms with van der Waals surface area (Å²) in [6.45, 7) is 9.32. The number of benzene rings is 2. The molecule has 2 heterocycles. The smallest absolute Gasteiger partial charge is 0.227 e. The van der Waals surface area contributed by atoms with Crippen LogP contribution < -0.4 is 4.74 Å². The van der Waals surface area contributed by atoms with E-state index in [9.17, 15) is 13.6 Å². The van der Waals surface area contributed by atoms with Gasteiger partial charge in [-0.15, -0.1) is 0 Å². The van der Waals surface area contributed by atoms with Crippen molar-refractivity contribution in [3.05, 3.63) is 65.2 Å². The SMILES string of the molecule is CC(C)COc1ccccc1CN1CCC2(CC1)CCN(C(=O)Cc1ccc(F)cc1F)C2. The van der Waals surface area contributed by atoms with Gasteiger partial charge in [-0.1, -0.05) is 38.1 Å². The second-order valence-corrected chi connectivity index (χ2v) is 10.1. The molecule has 0 bridgehead atoms. The maximum Gasteiger partial charge on any atom is 0.227 e. The lowest BCUT2D eigenvalue weighted by atomic mass is 9.77. The summed E-state index contributed by atoms with van der Waals surface area (Å²) >= 11 is 0. The van der Waals surface area contributed by atoms with E-state index in [4.69, 9.17) is 4.74 Å². The zero-order chi connectivity index (χ0) is 23.4. The van der Waals surface area contributed by atoms with Gasteiger partial charge in [0.25, 0.3) is 0 Å². The maximum absolute atomic E-state index is 14.0. The first-order valence-electron chi connectivity index (χ1n) is 12.0. The van der Waals surface area contributed by atoms with Gasteiger partial charge in [0, 0.05) is 31.3 Å². The Balaban J connectivity index is 1.30. The summed E-state index contributed by atoms with van der Waals surface area (Å²) in [5, 5.41) is 0. The molecule has 33 heavy (non-hydrogen) atoms. The van der Waals surface area contributed by atoms with Gasteiger partial charge in [0.05, 0.1) is 13.0 Å². The van der Waals surface area contributed by atoms with Gasteiger partial charge in [-0.05, 0) is 61.4 Å². The van der Waals surface area contributed by atoms with Crippen LogP contribution in [0.4, 0.5) is 8.78 Å². The zero-order valence-corrected chi connectivity index (χ0v) is 19.7. The molecule has 1 amide bonds. The summed E-state index contributed by atoms with van der Waals surface area (Å²) < 4.78 is 33.1. The lowest BCUT2D eigenvalue weighted by Crippen LogP contribution is -2.42. The molecule has 1 spiro atoms. The molecule has 6 heteroatoms. The monoisotopic (exact) mass is 456 g/mol. The van der Waals surface area contributed by atoms with Crippen LogP contribution in [0.3, 0.4) is 0 Å². The standard InChI is InChI=1S/C27H34F2N2O2/c1-20(2)18-33-25-6-4-3-5-22(25)17-30-12-9-27(10-13-30)11-14-31(19-27)26(32)15-21-7-8-23(28)16-24(21)29/h3-8,16,20H,9-15,17-19H2,1-2H3. The molecule has 0 saturated carbocycles. The Labute approximate surface area is 195 Å². The Morgan fingerprint density at radius 2 is 1.76 bits per heavy atom. The number of hydrogen-bond acceptors (Lipinski definition) is 3. The second kappa shape index (κ2) is 10.2. The van der Waals surface area contributed by atoms with Crippen LogP contribution in [0, 0.1) is 23.0 Å². The second-order valence-electron chi connectivity index (χ2n) is 10.1. The molecule has 2 fully saturated rings. The van der Waals surface area contributed by atoms with E-state index in [1.807, 2.05) is 17.0 Å². The van der Waals surface area contributed by atoms with E-state index in [0.717, 1.165) is 57.3 Å². The minimum Gasteiger partial charge on any atom is -0.493 e. The van der Waals surface area contributed by atoms with Crippen LogP contribution >= 0.6 is 0 Å². The van der Waals surface area contributed by atoms with Gasteiger partial charge in [-0.3, -0.25) is 9.69 Å². The number of hydrogen-bond donors (Lipinski definition) is 0. The van der Waals surface area contributed by atoms with E-state index in [0.29, 0.717) is 19.1 Å². The third kappa shape index (κ3) is 5.91. The lowest BCUT2D eigenvalue weighted by molar-refractivity contribution is -0.130. The molecule has 0 aromatic heterocycles. The van der Waals surface area contributed by atoms with Crippen molar-refractivity contribution in [3.63, 3.8) is 0 Å². The molecular formula is C27H34F2N2O2. The number of nitrogens with zero attached hydrogens (tertiary/aromatic N) is 2. The van der Waals surface area contributed by atoms with Crippen molar-refractivity contribution in [1.29, 1.82) is 0 Å². The number of halogens is 2. The summed E-state index contributed by atoms with van der Waals surface area (Å²) in [5.74, 6) is 0.113. The summed E-state index contributed by atoms with van der Waals surface area (Å²) in [7, 11) is 0. The number of piperidine rings is 1. The first kappa shape index (κ1) is 23.7. The lowest BCUT2D eigenvalue weighted by Gasteiger charge is -2.39. The average Bonchev–Trinajstić information content (AvgIpc) is 3.20. The third-order valence-electron chi connectivity index (χ3n) is 7.00. The number of rotatable bonds is 7. The molecule has 2 saturated heterocycles. The average molecular weight is 457 g/mol. The van der Waals surface area contributed by atoms with Crippen molar-refractivity contribution in [2.24, 2.45) is 11.3 Å². The Hall–Kier alpha value is -2.47. The van der Waals surface area contributed by atoms with Gasteiger partial charge >= 0.3 is 0 Å². The van der Waals surface area contributed by atoms with Crippen LogP contribution in [0.2, 0.25) is 0 Å². The van der Waals surface area contributed by atoms with Gasteiger partial charge in [0.2, 0.25) is 5.91 Å². The normalized spacial score (nSPS) is 18.3. The van der Waals surface area contributed by atoms with Crippen LogP contribution in [-0.4, -0.2) is 48.5 Å². The van der Waals surface area contributed by atoms with E-state index in [2.05, 4.69) is 30.9 Å². The molecule has 0 aliphatic carbocycles. The highest BCUT2D eigenvalue weighted by Gasteiger charge is 2.42. The van der Waals surface area contributed by atoms with Gasteiger partial charge in [-0.25, -0.2) is 8.78 Å². The number of carbonyl (C=O) groups is 1. The van der Waals surface area contributed by atoms with Crippen molar-refractivity contribution in [2.75, 3.05) is 32.8 Å². The zero-order valence-electron chi connectivity index (χ0n) is 19.7. The van der Waals surface area contributed by atoms with Gasteiger partial charge in [-0.2, -0.15) is 0 Å². The Morgan fingerprint density at radius 3 is 2.48 bits per heavy atom. The van der Waals surface area contributed by atoms with Crippen LogP contribution in [0.15, 0.2) is 42.5 Å². The fourth-order valence-corrected chi connectivity index (χ4v) is 4.95. The van der Waals surface area contributed by atoms with Gasteiger partial charge in [0.15, 0.2) is 0 Å². The number of amides is 1. The first-order chi connectivity index (χ1) is 15.8. The van der Waals surface area contributed by atoms with Gasteiger partial charge in [0.1, 0.15) is 17.4 Å². The minimum atomic E-state index is -0.650. The predicted octanol–water partition coefficient (Wildman–Crippen LogP) is 5.06. The van der Waals surface area contributed by atoms with Crippen LogP contribution in [0.1, 0.15) is 44.2 Å². The van der Waals surface area contributed by atoms with Crippen molar-refractivity contribution in [2.45, 2.75) is 46.1 Å². The minimum absolute atomic E-state index is 0.0124. The first-order valence-corrected chi connectivity index (χ1v) is 12.0. The predicted molar refractivity (Wildman–Crippen MR) is 125 cm³/mol. The Morgan fingerprint density at radius 1 is 1.03 bits per heavy atom. The summed E-state index contributed by atoms with van der Waals surface area (Å²) in [6, 6.07) is 11.7. The van der Waals surface area contributed by atoms with E-state index in [1.54, 1.807) is 0 Å². The summed E-state index contributed by atoms with van der Waals surface area (Å²) in [4.78, 5) is 17.1. The Kier molecular flexibility index (Phi) is 7.32. The quantitative estimate of drug-likeness (QED) is 0.584. The fraction of sp³-hybridized carbons (Fsp3) is 0.519. The Bertz CT molecular complexity index is 970. The number of carbonyl (C=O) groups excluding carboxylic acids is 1. The summed E-state index contributed by atoms with van der Waals surface area (Å²) in [5.41, 5.74) is 1.63. The number of para-hydroxylation sites is 1. The largest absolute Gasteiger partial charge is 0.493 e. The molecule has 2 aromatic rings. The van der Waals surface area contributed by atoms with Gasteiger partial charge < -0.3 is 9.64 Å². The summed E-state index contributed by atoms with van der Waals surface area (Å²) in [6.07, 6.45) is 3.08. The molecule has 2 aromatic carbocycles. The molecular weight excluding hydrogens is 422 g/mol. The molecule has 2 aliphatic rings. The molecule has 0 atom stereocenters. The number of ether oxygens (including phenoxy) is 1. The highest BCUT2D eigenvalue weighted by molar-refractivity contribution is 5.79. The maximum atomic E-state index is 14.0. The molecule has 178 valence electrons. The fourth-order valence-electron chi connectivity index (χ4n) is 4.95. The van der Waals surface area contributed by atoms with E-state index < -0.39 is 11.6 Å². The highest BCUT2D eigenvalue weighted by atomic mass is 19.1. The van der Waals surface area contributed by atoms with Crippen molar-refractivity contribution in [3.8, 4) is 5.75 Å². The van der Waals surface area contributed by atoms with Crippen LogP contribution in [0.25, 0.3) is 0 Å². The molecule has 0 radical (unpaired) electrons. The van der Waals surface area contributed by atoms with Crippen LogP contribution in [0.5, 0.6) is 5.75 Å². The molecule has 4 nitrogen and oxygen atoms in total. The molecule has 2 aliphatic heterocycles. The molecule has 0 N–H and O–H groups in total. The molecule has 0 unspecified atom stereocenters. The number of likely N-dealkylation sites (tertiary alicyclic amines) is 2. The van der Waals surface area contributed by atoms with Crippen molar-refractivity contribution >= 4 is 5.91 Å². The topological polar surface area (TPSA) is 32.8 Å². The van der Waals surface area contributed by atoms with Crippen molar-refractivity contribution < 1.29 is 18.3 Å². The van der Waals surface area contributed by atoms with E-state index in [-0.39, 0.29) is 23.3 Å². The van der Waals surface area contributed by atoms with Crippen molar-refractivity contribution in [1.82, 2.24) is 9.80 Å². The third-order valence-corrected chi connectivity index (χ3v) is 7.00. The van der Waals surface area contributed by atoms with E-state index >= 15 is 0 Å². The highest BCUT2D eigenvalue weighted by Crippen LogP contribution is 2.41. The van der Waals surface area contributed by atoms with E-state index in [1.165, 1.54) is 17.7 Å². The van der Waals surface area contributed by atoms with Crippen LogP contribution in [-0.2, 0) is 17.8 Å².